The molecule has 0 aliphatic rings. The van der Waals surface area contributed by atoms with Gasteiger partial charge in [-0.1, -0.05) is 13.2 Å². The highest BCUT2D eigenvalue weighted by Crippen LogP contribution is 1.99. The van der Waals surface area contributed by atoms with Crippen molar-refractivity contribution in [3.63, 3.8) is 0 Å². The van der Waals surface area contributed by atoms with E-state index in [1.54, 1.807) is 0 Å². The van der Waals surface area contributed by atoms with Gasteiger partial charge in [0.2, 0.25) is 0 Å². The van der Waals surface area contributed by atoms with Gasteiger partial charge in [0.05, 0.1) is 0 Å². The Hall–Kier alpha value is -0.960. The molecule has 64 valence electrons. The van der Waals surface area contributed by atoms with Crippen LogP contribution in [-0.2, 0) is 0 Å². The van der Waals surface area contributed by atoms with Crippen molar-refractivity contribution in [1.82, 2.24) is 10.7 Å². The lowest BCUT2D eigenvalue weighted by Crippen LogP contribution is -2.29. The van der Waals surface area contributed by atoms with E-state index < -0.39 is 0 Å². The van der Waals surface area contributed by atoms with E-state index in [2.05, 4.69) is 30.8 Å². The molecule has 0 radical (unpaired) electrons. The van der Waals surface area contributed by atoms with E-state index in [1.807, 2.05) is 6.92 Å². The fraction of sp³-hybridized carbons (Fsp3) is 0.500. The molecule has 3 heteroatoms. The van der Waals surface area contributed by atoms with Crippen LogP contribution in [-0.4, -0.2) is 6.04 Å². The van der Waals surface area contributed by atoms with Crippen molar-refractivity contribution in [2.75, 3.05) is 0 Å². The van der Waals surface area contributed by atoms with Crippen LogP contribution in [0.15, 0.2) is 24.6 Å². The minimum atomic E-state index is 0.330. The largest absolute Gasteiger partial charge is 0.386 e. The van der Waals surface area contributed by atoms with E-state index in [-0.39, 0.29) is 0 Å². The van der Waals surface area contributed by atoms with E-state index >= 15 is 0 Å². The van der Waals surface area contributed by atoms with E-state index in [0.717, 1.165) is 17.8 Å². The highest BCUT2D eigenvalue weighted by Gasteiger charge is 2.01. The van der Waals surface area contributed by atoms with Crippen LogP contribution < -0.4 is 16.6 Å². The van der Waals surface area contributed by atoms with Gasteiger partial charge in [0.15, 0.2) is 0 Å². The molecular formula is C8H17N3. The predicted octanol–water partition coefficient (Wildman–Crippen LogP) is 0.865. The van der Waals surface area contributed by atoms with Gasteiger partial charge < -0.3 is 10.7 Å². The lowest BCUT2D eigenvalue weighted by atomic mass is 10.2. The molecule has 0 aromatic heterocycles. The first-order valence-corrected chi connectivity index (χ1v) is 3.62. The number of allylic oxidation sites excluding steroid dienone is 1. The summed E-state index contributed by atoms with van der Waals surface area (Å²) in [5.41, 5.74) is 4.29. The summed E-state index contributed by atoms with van der Waals surface area (Å²) in [5, 5.41) is 3.16. The van der Waals surface area contributed by atoms with Gasteiger partial charge in [-0.15, -0.1) is 0 Å². The molecule has 0 heterocycles. The molecule has 3 nitrogen and oxygen atoms in total. The summed E-state index contributed by atoms with van der Waals surface area (Å²) in [7, 11) is 0. The third-order valence-corrected chi connectivity index (χ3v) is 1.25. The molecule has 0 saturated carbocycles. The van der Waals surface area contributed by atoms with E-state index in [1.165, 1.54) is 0 Å². The number of hydrogen-bond donors (Lipinski definition) is 3. The van der Waals surface area contributed by atoms with Crippen LogP contribution in [0.3, 0.4) is 0 Å². The third-order valence-electron chi connectivity index (χ3n) is 1.25. The number of nitrogens with two attached hydrogens (primary N) is 1. The second-order valence-electron chi connectivity index (χ2n) is 2.78. The maximum Gasteiger partial charge on any atom is 0.0284 e. The molecule has 0 amide bonds. The van der Waals surface area contributed by atoms with Crippen LogP contribution in [0.1, 0.15) is 20.3 Å². The molecule has 11 heavy (non-hydrogen) atoms. The molecular weight excluding hydrogens is 138 g/mol. The molecule has 0 aliphatic heterocycles. The molecule has 1 unspecified atom stereocenters. The van der Waals surface area contributed by atoms with Gasteiger partial charge in [0.1, 0.15) is 0 Å². The Morgan fingerprint density at radius 3 is 2.45 bits per heavy atom. The van der Waals surface area contributed by atoms with Crippen LogP contribution in [0.2, 0.25) is 0 Å². The molecule has 0 bridgehead atoms. The second kappa shape index (κ2) is 4.79. The normalized spacial score (nSPS) is 11.9. The zero-order chi connectivity index (χ0) is 8.85. The van der Waals surface area contributed by atoms with Gasteiger partial charge in [0.25, 0.3) is 0 Å². The average molecular weight is 155 g/mol. The van der Waals surface area contributed by atoms with Crippen molar-refractivity contribution in [3.8, 4) is 0 Å². The maximum absolute atomic E-state index is 5.15. The third kappa shape index (κ3) is 5.48. The fourth-order valence-electron chi connectivity index (χ4n) is 0.900. The van der Waals surface area contributed by atoms with Crippen molar-refractivity contribution < 1.29 is 0 Å². The summed E-state index contributed by atoms with van der Waals surface area (Å²) < 4.78 is 0. The summed E-state index contributed by atoms with van der Waals surface area (Å²) in [4.78, 5) is 0. The van der Waals surface area contributed by atoms with Crippen molar-refractivity contribution in [2.45, 2.75) is 26.3 Å². The lowest BCUT2D eigenvalue weighted by molar-refractivity contribution is 0.588. The Bertz CT molecular complexity index is 151. The highest BCUT2D eigenvalue weighted by molar-refractivity contribution is 4.96. The molecule has 0 rings (SSSR count). The zero-order valence-corrected chi connectivity index (χ0v) is 7.28. The molecule has 0 aromatic carbocycles. The Labute approximate surface area is 68.3 Å². The van der Waals surface area contributed by atoms with Crippen molar-refractivity contribution in [3.05, 3.63) is 24.6 Å². The smallest absolute Gasteiger partial charge is 0.0284 e. The summed E-state index contributed by atoms with van der Waals surface area (Å²) in [6, 6.07) is 0.330. The monoisotopic (exact) mass is 155 g/mol. The van der Waals surface area contributed by atoms with Crippen LogP contribution >= 0.6 is 0 Å². The molecule has 0 saturated heterocycles. The summed E-state index contributed by atoms with van der Waals surface area (Å²) in [6.45, 7) is 11.4. The molecule has 0 aliphatic carbocycles. The molecule has 0 fully saturated rings. The van der Waals surface area contributed by atoms with Crippen LogP contribution in [0.25, 0.3) is 0 Å². The summed E-state index contributed by atoms with van der Waals surface area (Å²) in [5.74, 6) is 5.15. The summed E-state index contributed by atoms with van der Waals surface area (Å²) >= 11 is 0. The number of nitrogens with one attached hydrogen (secondary N) is 2. The minimum Gasteiger partial charge on any atom is -0.386 e. The Balaban J connectivity index is 3.60. The first kappa shape index (κ1) is 10.0. The van der Waals surface area contributed by atoms with Crippen LogP contribution in [0, 0.1) is 0 Å². The second-order valence-corrected chi connectivity index (χ2v) is 2.78. The lowest BCUT2D eigenvalue weighted by Gasteiger charge is -2.15. The number of hydrogen-bond acceptors (Lipinski definition) is 3. The van der Waals surface area contributed by atoms with Crippen LogP contribution in [0.4, 0.5) is 0 Å². The van der Waals surface area contributed by atoms with E-state index in [4.69, 9.17) is 5.84 Å². The quantitative estimate of drug-likeness (QED) is 0.408. The highest BCUT2D eigenvalue weighted by atomic mass is 15.2. The standard InChI is InChI=1S/C8H17N3/c1-6(2)10-7(3)5-8(4)11-9/h7,10-11H,1,4-5,9H2,2-3H3. The SMILES string of the molecule is C=C(C)NC(C)CC(=C)NN. The summed E-state index contributed by atoms with van der Waals surface area (Å²) in [6.07, 6.45) is 0.809. The Morgan fingerprint density at radius 1 is 1.55 bits per heavy atom. The van der Waals surface area contributed by atoms with E-state index in [9.17, 15) is 0 Å². The van der Waals surface area contributed by atoms with Gasteiger partial charge in [-0.25, -0.2) is 0 Å². The van der Waals surface area contributed by atoms with Gasteiger partial charge in [-0.2, -0.15) is 0 Å². The first-order chi connectivity index (χ1) is 5.06. The number of hydrazine groups is 1. The van der Waals surface area contributed by atoms with Crippen molar-refractivity contribution in [1.29, 1.82) is 0 Å². The predicted molar refractivity (Wildman–Crippen MR) is 48.5 cm³/mol. The molecule has 1 atom stereocenters. The maximum atomic E-state index is 5.15. The Kier molecular flexibility index (Phi) is 4.38. The van der Waals surface area contributed by atoms with E-state index in [0.29, 0.717) is 6.04 Å². The van der Waals surface area contributed by atoms with Gasteiger partial charge >= 0.3 is 0 Å². The average Bonchev–Trinajstić information content (AvgIpc) is 1.85. The molecule has 0 aromatic rings. The van der Waals surface area contributed by atoms with Gasteiger partial charge in [-0.3, -0.25) is 5.84 Å². The van der Waals surface area contributed by atoms with Crippen LogP contribution in [0.5, 0.6) is 0 Å². The molecule has 4 N–H and O–H groups in total. The fourth-order valence-corrected chi connectivity index (χ4v) is 0.900. The van der Waals surface area contributed by atoms with Crippen molar-refractivity contribution in [2.24, 2.45) is 5.84 Å². The van der Waals surface area contributed by atoms with Gasteiger partial charge in [0, 0.05) is 23.9 Å². The van der Waals surface area contributed by atoms with Gasteiger partial charge in [-0.05, 0) is 13.8 Å². The topological polar surface area (TPSA) is 50.1 Å². The first-order valence-electron chi connectivity index (χ1n) is 3.62. The van der Waals surface area contributed by atoms with Crippen molar-refractivity contribution >= 4 is 0 Å². The molecule has 0 spiro atoms. The Morgan fingerprint density at radius 2 is 2.09 bits per heavy atom. The minimum absolute atomic E-state index is 0.330. The number of rotatable bonds is 5. The zero-order valence-electron chi connectivity index (χ0n) is 7.28.